The minimum atomic E-state index is -3.75. The number of carbonyl (C=O) groups excluding carboxylic acids is 3. The second-order valence-corrected chi connectivity index (χ2v) is 9.26. The number of methoxy groups -OCH3 is 1. The van der Waals surface area contributed by atoms with Crippen molar-refractivity contribution in [2.75, 3.05) is 25.5 Å². The summed E-state index contributed by atoms with van der Waals surface area (Å²) >= 11 is 0. The van der Waals surface area contributed by atoms with Gasteiger partial charge in [-0.1, -0.05) is 12.2 Å². The van der Waals surface area contributed by atoms with E-state index < -0.39 is 22.2 Å². The standard InChI is InChI=1S/C19H21N3O6S/c1-28-19(25)20-12-6-8-14(9-7-12)29(26,27)21-10-13(11-21)22-17(23)15-4-2-3-5-16(15)18(22)24/h2-3,6-9,13,15-16H,4-5,10-11H2,1H3,(H,20,25). The number of hydrogen-bond acceptors (Lipinski definition) is 6. The van der Waals surface area contributed by atoms with Gasteiger partial charge in [0.25, 0.3) is 0 Å². The van der Waals surface area contributed by atoms with Gasteiger partial charge in [-0.15, -0.1) is 0 Å². The van der Waals surface area contributed by atoms with E-state index >= 15 is 0 Å². The van der Waals surface area contributed by atoms with Gasteiger partial charge < -0.3 is 4.74 Å². The lowest BCUT2D eigenvalue weighted by atomic mass is 9.85. The molecule has 2 unspecified atom stereocenters. The number of likely N-dealkylation sites (tertiary alicyclic amines) is 1. The normalized spacial score (nSPS) is 24.9. The quantitative estimate of drug-likeness (QED) is 0.579. The molecule has 2 aliphatic heterocycles. The summed E-state index contributed by atoms with van der Waals surface area (Å²) in [5, 5.41) is 2.45. The first kappa shape index (κ1) is 19.6. The fourth-order valence-corrected chi connectivity index (χ4v) is 5.51. The topological polar surface area (TPSA) is 113 Å². The van der Waals surface area contributed by atoms with Gasteiger partial charge in [-0.3, -0.25) is 19.8 Å². The lowest BCUT2D eigenvalue weighted by molar-refractivity contribution is -0.145. The van der Waals surface area contributed by atoms with Crippen LogP contribution in [0.3, 0.4) is 0 Å². The molecule has 3 amide bonds. The molecule has 3 aliphatic rings. The van der Waals surface area contributed by atoms with Crippen LogP contribution in [0, 0.1) is 11.8 Å². The highest BCUT2D eigenvalue weighted by Gasteiger charge is 2.53. The fourth-order valence-electron chi connectivity index (χ4n) is 3.99. The van der Waals surface area contributed by atoms with Crippen molar-refractivity contribution in [1.82, 2.24) is 9.21 Å². The van der Waals surface area contributed by atoms with E-state index in [0.717, 1.165) is 0 Å². The van der Waals surface area contributed by atoms with Crippen LogP contribution >= 0.6 is 0 Å². The molecule has 2 atom stereocenters. The first-order valence-electron chi connectivity index (χ1n) is 9.30. The lowest BCUT2D eigenvalue weighted by Crippen LogP contribution is -2.62. The molecule has 0 bridgehead atoms. The summed E-state index contributed by atoms with van der Waals surface area (Å²) in [6, 6.07) is 5.29. The highest BCUT2D eigenvalue weighted by Crippen LogP contribution is 2.38. The molecule has 1 aromatic rings. The SMILES string of the molecule is COC(=O)Nc1ccc(S(=O)(=O)N2CC(N3C(=O)C4CC=CCC4C3=O)C2)cc1. The zero-order chi connectivity index (χ0) is 20.8. The lowest BCUT2D eigenvalue weighted by Gasteiger charge is -2.42. The molecule has 1 N–H and O–H groups in total. The van der Waals surface area contributed by atoms with Crippen molar-refractivity contribution < 1.29 is 27.5 Å². The number of nitrogens with zero attached hydrogens (tertiary/aromatic N) is 2. The zero-order valence-corrected chi connectivity index (χ0v) is 16.6. The number of fused-ring (bicyclic) bond motifs is 1. The van der Waals surface area contributed by atoms with Crippen molar-refractivity contribution in [1.29, 1.82) is 0 Å². The fraction of sp³-hybridized carbons (Fsp3) is 0.421. The maximum absolute atomic E-state index is 12.8. The number of amides is 3. The predicted octanol–water partition coefficient (Wildman–Crippen LogP) is 1.19. The molecule has 10 heteroatoms. The number of nitrogens with one attached hydrogen (secondary N) is 1. The minimum absolute atomic E-state index is 0.0725. The first-order chi connectivity index (χ1) is 13.8. The van der Waals surface area contributed by atoms with Crippen LogP contribution in [0.4, 0.5) is 10.5 Å². The molecule has 0 spiro atoms. The third-order valence-corrected chi connectivity index (χ3v) is 7.51. The van der Waals surface area contributed by atoms with Crippen LogP contribution in [0.5, 0.6) is 0 Å². The van der Waals surface area contributed by atoms with Crippen LogP contribution in [-0.2, 0) is 24.3 Å². The van der Waals surface area contributed by atoms with Gasteiger partial charge in [0.05, 0.1) is 29.9 Å². The molecule has 0 aromatic heterocycles. The number of sulfonamides is 1. The van der Waals surface area contributed by atoms with Gasteiger partial charge in [0.1, 0.15) is 0 Å². The first-order valence-corrected chi connectivity index (χ1v) is 10.7. The Bertz CT molecular complexity index is 956. The average molecular weight is 419 g/mol. The van der Waals surface area contributed by atoms with Crippen molar-refractivity contribution in [3.05, 3.63) is 36.4 Å². The van der Waals surface area contributed by atoms with Gasteiger partial charge in [0.15, 0.2) is 0 Å². The summed E-state index contributed by atoms with van der Waals surface area (Å²) in [4.78, 5) is 37.8. The van der Waals surface area contributed by atoms with Crippen LogP contribution in [-0.4, -0.2) is 61.8 Å². The van der Waals surface area contributed by atoms with Gasteiger partial charge in [-0.05, 0) is 37.1 Å². The van der Waals surface area contributed by atoms with E-state index in [-0.39, 0.29) is 41.6 Å². The largest absolute Gasteiger partial charge is 0.453 e. The zero-order valence-electron chi connectivity index (χ0n) is 15.8. The Hall–Kier alpha value is -2.72. The Labute approximate surface area is 168 Å². The van der Waals surface area contributed by atoms with E-state index in [0.29, 0.717) is 18.5 Å². The van der Waals surface area contributed by atoms with E-state index in [1.54, 1.807) is 0 Å². The summed E-state index contributed by atoms with van der Waals surface area (Å²) in [5.41, 5.74) is 0.404. The van der Waals surface area contributed by atoms with Crippen LogP contribution in [0.15, 0.2) is 41.3 Å². The van der Waals surface area contributed by atoms with Gasteiger partial charge in [0, 0.05) is 18.8 Å². The molecular formula is C19H21N3O6S. The maximum atomic E-state index is 12.8. The number of ether oxygens (including phenoxy) is 1. The number of imide groups is 1. The molecule has 2 heterocycles. The van der Waals surface area contributed by atoms with Crippen molar-refractivity contribution in [3.8, 4) is 0 Å². The van der Waals surface area contributed by atoms with Crippen molar-refractivity contribution >= 4 is 33.6 Å². The summed E-state index contributed by atoms with van der Waals surface area (Å²) in [7, 11) is -2.52. The Kier molecular flexibility index (Phi) is 4.91. The van der Waals surface area contributed by atoms with Gasteiger partial charge >= 0.3 is 6.09 Å². The van der Waals surface area contributed by atoms with Crippen LogP contribution in [0.25, 0.3) is 0 Å². The van der Waals surface area contributed by atoms with E-state index in [9.17, 15) is 22.8 Å². The van der Waals surface area contributed by atoms with Crippen molar-refractivity contribution in [3.63, 3.8) is 0 Å². The average Bonchev–Trinajstić information content (AvgIpc) is 2.92. The molecule has 9 nitrogen and oxygen atoms in total. The van der Waals surface area contributed by atoms with E-state index in [2.05, 4.69) is 10.1 Å². The molecule has 0 radical (unpaired) electrons. The maximum Gasteiger partial charge on any atom is 0.411 e. The highest BCUT2D eigenvalue weighted by atomic mass is 32.2. The second-order valence-electron chi connectivity index (χ2n) is 7.32. The molecule has 1 aliphatic carbocycles. The summed E-state index contributed by atoms with van der Waals surface area (Å²) in [6.07, 6.45) is 4.32. The monoisotopic (exact) mass is 419 g/mol. The number of anilines is 1. The molecule has 29 heavy (non-hydrogen) atoms. The van der Waals surface area contributed by atoms with Crippen LogP contribution < -0.4 is 5.32 Å². The number of benzene rings is 1. The smallest absolute Gasteiger partial charge is 0.411 e. The predicted molar refractivity (Wildman–Crippen MR) is 102 cm³/mol. The number of allylic oxidation sites excluding steroid dienone is 2. The molecule has 1 aromatic carbocycles. The molecule has 4 rings (SSSR count). The van der Waals surface area contributed by atoms with Crippen molar-refractivity contribution in [2.24, 2.45) is 11.8 Å². The Morgan fingerprint density at radius 3 is 2.10 bits per heavy atom. The van der Waals surface area contributed by atoms with Crippen LogP contribution in [0.2, 0.25) is 0 Å². The molecule has 2 fully saturated rings. The summed E-state index contributed by atoms with van der Waals surface area (Å²) < 4.78 is 31.3. The van der Waals surface area contributed by atoms with E-state index in [1.807, 2.05) is 12.2 Å². The number of rotatable bonds is 4. The third-order valence-electron chi connectivity index (χ3n) is 5.66. The van der Waals surface area contributed by atoms with Gasteiger partial charge in [-0.2, -0.15) is 4.31 Å². The summed E-state index contributed by atoms with van der Waals surface area (Å²) in [6.45, 7) is 0.184. The van der Waals surface area contributed by atoms with Crippen LogP contribution in [0.1, 0.15) is 12.8 Å². The number of hydrogen-bond donors (Lipinski definition) is 1. The van der Waals surface area contributed by atoms with Crippen molar-refractivity contribution in [2.45, 2.75) is 23.8 Å². The van der Waals surface area contributed by atoms with E-state index in [1.165, 1.54) is 40.6 Å². The minimum Gasteiger partial charge on any atom is -0.453 e. The Balaban J connectivity index is 1.42. The highest BCUT2D eigenvalue weighted by molar-refractivity contribution is 7.89. The Morgan fingerprint density at radius 1 is 1.03 bits per heavy atom. The molecular weight excluding hydrogens is 398 g/mol. The second kappa shape index (κ2) is 7.27. The van der Waals surface area contributed by atoms with Gasteiger partial charge in [-0.25, -0.2) is 13.2 Å². The molecule has 0 saturated carbocycles. The van der Waals surface area contributed by atoms with Gasteiger partial charge in [0.2, 0.25) is 21.8 Å². The summed E-state index contributed by atoms with van der Waals surface area (Å²) in [5.74, 6) is -1.00. The Morgan fingerprint density at radius 2 is 1.59 bits per heavy atom. The molecule has 154 valence electrons. The third kappa shape index (κ3) is 3.32. The molecule has 2 saturated heterocycles. The van der Waals surface area contributed by atoms with E-state index in [4.69, 9.17) is 0 Å². The number of carbonyl (C=O) groups is 3.